The van der Waals surface area contributed by atoms with Crippen molar-refractivity contribution < 1.29 is 4.79 Å². The molecular formula is C19H17ClN4O. The Balaban J connectivity index is 1.81. The zero-order valence-corrected chi connectivity index (χ0v) is 14.6. The van der Waals surface area contributed by atoms with Crippen LogP contribution in [0.25, 0.3) is 0 Å². The predicted molar refractivity (Wildman–Crippen MR) is 101 cm³/mol. The van der Waals surface area contributed by atoms with Crippen molar-refractivity contribution in [1.29, 1.82) is 0 Å². The molecule has 25 heavy (non-hydrogen) atoms. The van der Waals surface area contributed by atoms with Gasteiger partial charge < -0.3 is 10.6 Å². The third-order valence-electron chi connectivity index (χ3n) is 3.62. The fourth-order valence-electron chi connectivity index (χ4n) is 2.47. The number of para-hydroxylation sites is 1. The molecule has 0 saturated carbocycles. The molecule has 0 fully saturated rings. The maximum atomic E-state index is 12.3. The van der Waals surface area contributed by atoms with Crippen LogP contribution in [0.3, 0.4) is 0 Å². The number of aromatic nitrogens is 2. The highest BCUT2D eigenvalue weighted by Gasteiger charge is 2.11. The fraction of sp³-hybridized carbons (Fsp3) is 0.105. The molecule has 1 heterocycles. The Morgan fingerprint density at radius 1 is 1.04 bits per heavy atom. The van der Waals surface area contributed by atoms with Crippen LogP contribution in [0.1, 0.15) is 21.6 Å². The van der Waals surface area contributed by atoms with Gasteiger partial charge in [0.1, 0.15) is 17.8 Å². The number of carbonyl (C=O) groups excluding carboxylic acids is 1. The van der Waals surface area contributed by atoms with Crippen LogP contribution in [0.4, 0.5) is 17.2 Å². The Labute approximate surface area is 151 Å². The number of halogens is 1. The summed E-state index contributed by atoms with van der Waals surface area (Å²) < 4.78 is 0. The summed E-state index contributed by atoms with van der Waals surface area (Å²) in [6.07, 6.45) is 1.35. The second-order valence-corrected chi connectivity index (χ2v) is 6.08. The lowest BCUT2D eigenvalue weighted by atomic mass is 10.1. The molecule has 6 heteroatoms. The number of nitrogens with zero attached hydrogens (tertiary/aromatic N) is 2. The summed E-state index contributed by atoms with van der Waals surface area (Å²) in [5, 5.41) is 6.56. The fourth-order valence-corrected chi connectivity index (χ4v) is 2.84. The lowest BCUT2D eigenvalue weighted by Gasteiger charge is -2.12. The Hall–Kier alpha value is -2.92. The minimum Gasteiger partial charge on any atom is -0.339 e. The number of aryl methyl sites for hydroxylation is 2. The van der Waals surface area contributed by atoms with Crippen molar-refractivity contribution in [3.63, 3.8) is 0 Å². The van der Waals surface area contributed by atoms with E-state index in [1.165, 1.54) is 6.33 Å². The van der Waals surface area contributed by atoms with Crippen LogP contribution in [0.15, 0.2) is 54.9 Å². The van der Waals surface area contributed by atoms with Crippen LogP contribution in [0.5, 0.6) is 0 Å². The van der Waals surface area contributed by atoms with E-state index in [2.05, 4.69) is 20.6 Å². The first-order valence-electron chi connectivity index (χ1n) is 7.75. The molecule has 3 aromatic rings. The van der Waals surface area contributed by atoms with Gasteiger partial charge in [0.2, 0.25) is 0 Å². The van der Waals surface area contributed by atoms with E-state index < -0.39 is 0 Å². The van der Waals surface area contributed by atoms with Crippen molar-refractivity contribution in [2.45, 2.75) is 13.8 Å². The zero-order valence-electron chi connectivity index (χ0n) is 13.9. The topological polar surface area (TPSA) is 66.9 Å². The molecule has 0 aliphatic rings. The van der Waals surface area contributed by atoms with E-state index in [0.29, 0.717) is 16.5 Å². The summed E-state index contributed by atoms with van der Waals surface area (Å²) in [5.41, 5.74) is 3.82. The monoisotopic (exact) mass is 352 g/mol. The number of rotatable bonds is 4. The van der Waals surface area contributed by atoms with E-state index in [-0.39, 0.29) is 11.6 Å². The normalized spacial score (nSPS) is 10.4. The molecule has 1 amide bonds. The molecule has 2 aromatic carbocycles. The maximum absolute atomic E-state index is 12.3. The molecule has 126 valence electrons. The van der Waals surface area contributed by atoms with Crippen molar-refractivity contribution in [1.82, 2.24) is 9.97 Å². The molecular weight excluding hydrogens is 336 g/mol. The minimum atomic E-state index is -0.302. The maximum Gasteiger partial charge on any atom is 0.274 e. The van der Waals surface area contributed by atoms with Gasteiger partial charge in [0.05, 0.1) is 10.7 Å². The molecule has 0 aliphatic heterocycles. The van der Waals surface area contributed by atoms with Crippen LogP contribution in [0.2, 0.25) is 5.02 Å². The van der Waals surface area contributed by atoms with Crippen LogP contribution in [0, 0.1) is 13.8 Å². The molecule has 0 aliphatic carbocycles. The van der Waals surface area contributed by atoms with Gasteiger partial charge in [-0.15, -0.1) is 0 Å². The lowest BCUT2D eigenvalue weighted by molar-refractivity contribution is 0.102. The third kappa shape index (κ3) is 4.14. The highest BCUT2D eigenvalue weighted by Crippen LogP contribution is 2.29. The summed E-state index contributed by atoms with van der Waals surface area (Å²) in [7, 11) is 0. The molecule has 0 atom stereocenters. The highest BCUT2D eigenvalue weighted by atomic mass is 35.5. The van der Waals surface area contributed by atoms with Gasteiger partial charge >= 0.3 is 0 Å². The zero-order chi connectivity index (χ0) is 17.8. The second-order valence-electron chi connectivity index (χ2n) is 5.67. The van der Waals surface area contributed by atoms with Crippen molar-refractivity contribution in [2.75, 3.05) is 10.6 Å². The predicted octanol–water partition coefficient (Wildman–Crippen LogP) is 4.74. The van der Waals surface area contributed by atoms with Gasteiger partial charge in [-0.05, 0) is 43.2 Å². The highest BCUT2D eigenvalue weighted by molar-refractivity contribution is 6.33. The van der Waals surface area contributed by atoms with Gasteiger partial charge in [-0.1, -0.05) is 35.9 Å². The van der Waals surface area contributed by atoms with Gasteiger partial charge in [-0.3, -0.25) is 4.79 Å². The molecule has 3 rings (SSSR count). The number of carbonyl (C=O) groups is 1. The van der Waals surface area contributed by atoms with Crippen LogP contribution in [-0.2, 0) is 0 Å². The third-order valence-corrected chi connectivity index (χ3v) is 3.91. The van der Waals surface area contributed by atoms with E-state index in [1.54, 1.807) is 6.07 Å². The van der Waals surface area contributed by atoms with E-state index in [1.807, 2.05) is 56.3 Å². The quantitative estimate of drug-likeness (QED) is 0.711. The van der Waals surface area contributed by atoms with Gasteiger partial charge in [0.25, 0.3) is 5.91 Å². The standard InChI is InChI=1S/C19H17ClN4O/c1-12-8-13(2)18(15(20)9-12)24-17-10-16(21-11-22-17)19(25)23-14-6-4-3-5-7-14/h3-11H,1-2H3,(H,23,25)(H,21,22,24). The molecule has 0 unspecified atom stereocenters. The van der Waals surface area contributed by atoms with Crippen molar-refractivity contribution >= 4 is 34.7 Å². The Bertz CT molecular complexity index is 889. The van der Waals surface area contributed by atoms with Crippen molar-refractivity contribution in [3.8, 4) is 0 Å². The number of amides is 1. The Kier molecular flexibility index (Phi) is 4.95. The van der Waals surface area contributed by atoms with Gasteiger partial charge in [0.15, 0.2) is 0 Å². The van der Waals surface area contributed by atoms with E-state index in [9.17, 15) is 4.79 Å². The Morgan fingerprint density at radius 3 is 2.52 bits per heavy atom. The largest absolute Gasteiger partial charge is 0.339 e. The molecule has 2 N–H and O–H groups in total. The van der Waals surface area contributed by atoms with Crippen LogP contribution >= 0.6 is 11.6 Å². The number of hydrogen-bond donors (Lipinski definition) is 2. The van der Waals surface area contributed by atoms with Crippen molar-refractivity contribution in [3.05, 3.63) is 76.7 Å². The van der Waals surface area contributed by atoms with Gasteiger partial charge in [-0.25, -0.2) is 9.97 Å². The number of benzene rings is 2. The molecule has 0 radical (unpaired) electrons. The molecule has 0 saturated heterocycles. The smallest absolute Gasteiger partial charge is 0.274 e. The molecule has 0 bridgehead atoms. The first-order chi connectivity index (χ1) is 12.0. The average molecular weight is 353 g/mol. The molecule has 5 nitrogen and oxygen atoms in total. The van der Waals surface area contributed by atoms with E-state index in [0.717, 1.165) is 16.8 Å². The Morgan fingerprint density at radius 2 is 1.80 bits per heavy atom. The first-order valence-corrected chi connectivity index (χ1v) is 8.13. The van der Waals surface area contributed by atoms with E-state index in [4.69, 9.17) is 11.6 Å². The summed E-state index contributed by atoms with van der Waals surface area (Å²) in [6.45, 7) is 3.95. The summed E-state index contributed by atoms with van der Waals surface area (Å²) in [5.74, 6) is 0.199. The average Bonchev–Trinajstić information content (AvgIpc) is 2.59. The lowest BCUT2D eigenvalue weighted by Crippen LogP contribution is -2.14. The molecule has 1 aromatic heterocycles. The number of anilines is 3. The number of hydrogen-bond acceptors (Lipinski definition) is 4. The van der Waals surface area contributed by atoms with Crippen LogP contribution in [-0.4, -0.2) is 15.9 Å². The minimum absolute atomic E-state index is 0.266. The van der Waals surface area contributed by atoms with Crippen LogP contribution < -0.4 is 10.6 Å². The first kappa shape index (κ1) is 16.9. The summed E-state index contributed by atoms with van der Waals surface area (Å²) >= 11 is 6.31. The van der Waals surface area contributed by atoms with Gasteiger partial charge in [-0.2, -0.15) is 0 Å². The van der Waals surface area contributed by atoms with Gasteiger partial charge in [0, 0.05) is 11.8 Å². The number of nitrogens with one attached hydrogen (secondary N) is 2. The second kappa shape index (κ2) is 7.32. The molecule has 0 spiro atoms. The summed E-state index contributed by atoms with van der Waals surface area (Å²) in [4.78, 5) is 20.5. The van der Waals surface area contributed by atoms with E-state index >= 15 is 0 Å². The van der Waals surface area contributed by atoms with Crippen molar-refractivity contribution in [2.24, 2.45) is 0 Å². The summed E-state index contributed by atoms with van der Waals surface area (Å²) in [6, 6.07) is 14.7. The SMILES string of the molecule is Cc1cc(C)c(Nc2cc(C(=O)Nc3ccccc3)ncn2)c(Cl)c1.